The largest absolute Gasteiger partial charge is 0.439 e. The second-order valence-electron chi connectivity index (χ2n) is 4.42. The summed E-state index contributed by atoms with van der Waals surface area (Å²) in [5, 5.41) is 2.90. The molecule has 0 unspecified atom stereocenters. The number of nitrogens with one attached hydrogen (secondary N) is 1. The van der Waals surface area contributed by atoms with E-state index in [1.165, 1.54) is 0 Å². The fraction of sp³-hybridized carbons (Fsp3) is 0.308. The van der Waals surface area contributed by atoms with Crippen molar-refractivity contribution in [2.75, 3.05) is 0 Å². The Bertz CT molecular complexity index is 568. The van der Waals surface area contributed by atoms with E-state index in [-0.39, 0.29) is 6.42 Å². The molecular weight excluding hydrogens is 250 g/mol. The molecule has 2 aliphatic heterocycles. The van der Waals surface area contributed by atoms with Gasteiger partial charge in [-0.3, -0.25) is 10.1 Å². The lowest BCUT2D eigenvalue weighted by Crippen LogP contribution is -2.44. The molecule has 3 rings (SSSR count). The third kappa shape index (κ3) is 2.10. The number of ether oxygens (including phenoxy) is 2. The predicted molar refractivity (Wildman–Crippen MR) is 61.9 cm³/mol. The van der Waals surface area contributed by atoms with Crippen LogP contribution in [0.5, 0.6) is 0 Å². The number of hydrogen-bond acceptors (Lipinski definition) is 6. The molecular formula is C13H11NO5. The lowest BCUT2D eigenvalue weighted by molar-refractivity contribution is -0.166. The fourth-order valence-corrected chi connectivity index (χ4v) is 2.22. The van der Waals surface area contributed by atoms with Gasteiger partial charge in [0, 0.05) is 12.0 Å². The lowest BCUT2D eigenvalue weighted by atomic mass is 10.1. The van der Waals surface area contributed by atoms with Crippen molar-refractivity contribution in [1.82, 2.24) is 5.32 Å². The topological polar surface area (TPSA) is 81.7 Å². The summed E-state index contributed by atoms with van der Waals surface area (Å²) in [4.78, 5) is 34.1. The summed E-state index contributed by atoms with van der Waals surface area (Å²) in [5.74, 6) is -1.57. The molecule has 6 nitrogen and oxygen atoms in total. The Balaban J connectivity index is 1.77. The molecule has 2 aliphatic rings. The summed E-state index contributed by atoms with van der Waals surface area (Å²) < 4.78 is 9.71. The Morgan fingerprint density at radius 2 is 1.95 bits per heavy atom. The van der Waals surface area contributed by atoms with E-state index in [0.717, 1.165) is 0 Å². The molecule has 0 bridgehead atoms. The van der Waals surface area contributed by atoms with E-state index < -0.39 is 30.2 Å². The fourth-order valence-electron chi connectivity index (χ4n) is 2.22. The molecule has 0 spiro atoms. The molecule has 2 heterocycles. The van der Waals surface area contributed by atoms with Gasteiger partial charge in [0.2, 0.25) is 0 Å². The van der Waals surface area contributed by atoms with Gasteiger partial charge in [-0.05, 0) is 12.5 Å². The van der Waals surface area contributed by atoms with E-state index >= 15 is 0 Å². The molecule has 19 heavy (non-hydrogen) atoms. The molecule has 1 saturated heterocycles. The number of benzene rings is 1. The predicted octanol–water partition coefficient (Wildman–Crippen LogP) is 0.677. The van der Waals surface area contributed by atoms with E-state index in [1.807, 2.05) is 0 Å². The van der Waals surface area contributed by atoms with Crippen molar-refractivity contribution in [2.24, 2.45) is 0 Å². The van der Waals surface area contributed by atoms with Gasteiger partial charge in [-0.2, -0.15) is 0 Å². The smallest absolute Gasteiger partial charge is 0.340 e. The van der Waals surface area contributed by atoms with E-state index in [9.17, 15) is 14.4 Å². The van der Waals surface area contributed by atoms with Gasteiger partial charge in [0.1, 0.15) is 6.04 Å². The first-order chi connectivity index (χ1) is 9.15. The van der Waals surface area contributed by atoms with Crippen LogP contribution in [0.1, 0.15) is 35.0 Å². The monoisotopic (exact) mass is 261 g/mol. The first-order valence-corrected chi connectivity index (χ1v) is 5.95. The SMILES string of the molecule is O=C1CC[C@@H](N[C@@H]2OC(=O)c3ccccc32)C(=O)O1. The number of hydrogen-bond donors (Lipinski definition) is 1. The van der Waals surface area contributed by atoms with Gasteiger partial charge in [-0.1, -0.05) is 18.2 Å². The van der Waals surface area contributed by atoms with Gasteiger partial charge in [0.15, 0.2) is 6.23 Å². The van der Waals surface area contributed by atoms with E-state index in [0.29, 0.717) is 17.5 Å². The van der Waals surface area contributed by atoms with Crippen molar-refractivity contribution >= 4 is 17.9 Å². The van der Waals surface area contributed by atoms with Crippen LogP contribution in [-0.4, -0.2) is 23.9 Å². The number of carbonyl (C=O) groups excluding carboxylic acids is 3. The third-order valence-electron chi connectivity index (χ3n) is 3.18. The normalized spacial score (nSPS) is 25.8. The maximum absolute atomic E-state index is 11.6. The van der Waals surface area contributed by atoms with Gasteiger partial charge < -0.3 is 9.47 Å². The van der Waals surface area contributed by atoms with Crippen LogP contribution in [0.2, 0.25) is 0 Å². The Labute approximate surface area is 108 Å². The number of cyclic esters (lactones) is 3. The molecule has 1 N–H and O–H groups in total. The third-order valence-corrected chi connectivity index (χ3v) is 3.18. The standard InChI is InChI=1S/C13H11NO5/c15-10-6-5-9(13(17)18-10)14-11-7-3-1-2-4-8(7)12(16)19-11/h1-4,9,11,14H,5-6H2/t9-,11-/m1/s1. The first kappa shape index (κ1) is 11.9. The van der Waals surface area contributed by atoms with Crippen LogP contribution < -0.4 is 5.32 Å². The Hall–Kier alpha value is -2.21. The molecule has 0 aromatic heterocycles. The van der Waals surface area contributed by atoms with Crippen molar-refractivity contribution < 1.29 is 23.9 Å². The van der Waals surface area contributed by atoms with Crippen molar-refractivity contribution in [3.05, 3.63) is 35.4 Å². The van der Waals surface area contributed by atoms with Crippen molar-refractivity contribution in [2.45, 2.75) is 25.1 Å². The summed E-state index contributed by atoms with van der Waals surface area (Å²) in [6.45, 7) is 0. The number of esters is 3. The molecule has 0 saturated carbocycles. The highest BCUT2D eigenvalue weighted by Crippen LogP contribution is 2.29. The quantitative estimate of drug-likeness (QED) is 0.622. The van der Waals surface area contributed by atoms with Gasteiger partial charge in [-0.15, -0.1) is 0 Å². The summed E-state index contributed by atoms with van der Waals surface area (Å²) in [6, 6.07) is 6.33. The molecule has 0 amide bonds. The van der Waals surface area contributed by atoms with Crippen LogP contribution in [0, 0.1) is 0 Å². The minimum Gasteiger partial charge on any atom is -0.439 e. The lowest BCUT2D eigenvalue weighted by Gasteiger charge is -2.23. The van der Waals surface area contributed by atoms with Gasteiger partial charge >= 0.3 is 17.9 Å². The zero-order chi connectivity index (χ0) is 13.4. The molecule has 98 valence electrons. The van der Waals surface area contributed by atoms with Crippen LogP contribution in [-0.2, 0) is 19.1 Å². The van der Waals surface area contributed by atoms with E-state index in [2.05, 4.69) is 10.1 Å². The second-order valence-corrected chi connectivity index (χ2v) is 4.42. The molecule has 1 aromatic rings. The minimum absolute atomic E-state index is 0.172. The van der Waals surface area contributed by atoms with Crippen LogP contribution in [0.3, 0.4) is 0 Å². The summed E-state index contributed by atoms with van der Waals surface area (Å²) in [7, 11) is 0. The molecule has 0 aliphatic carbocycles. The Kier molecular flexibility index (Phi) is 2.79. The summed E-state index contributed by atoms with van der Waals surface area (Å²) in [6.07, 6.45) is -0.158. The Morgan fingerprint density at radius 3 is 2.74 bits per heavy atom. The zero-order valence-electron chi connectivity index (χ0n) is 9.92. The molecule has 1 fully saturated rings. The van der Waals surface area contributed by atoms with Crippen LogP contribution in [0.15, 0.2) is 24.3 Å². The van der Waals surface area contributed by atoms with E-state index in [4.69, 9.17) is 4.74 Å². The summed E-state index contributed by atoms with van der Waals surface area (Å²) in [5.41, 5.74) is 1.18. The maximum Gasteiger partial charge on any atom is 0.340 e. The average molecular weight is 261 g/mol. The highest BCUT2D eigenvalue weighted by Gasteiger charge is 2.36. The first-order valence-electron chi connectivity index (χ1n) is 5.95. The second kappa shape index (κ2) is 4.47. The van der Waals surface area contributed by atoms with Crippen molar-refractivity contribution in [1.29, 1.82) is 0 Å². The maximum atomic E-state index is 11.6. The van der Waals surface area contributed by atoms with E-state index in [1.54, 1.807) is 24.3 Å². The van der Waals surface area contributed by atoms with Crippen LogP contribution in [0.4, 0.5) is 0 Å². The molecule has 2 atom stereocenters. The Morgan fingerprint density at radius 1 is 1.16 bits per heavy atom. The van der Waals surface area contributed by atoms with Gasteiger partial charge in [0.05, 0.1) is 5.56 Å². The van der Waals surface area contributed by atoms with Crippen LogP contribution >= 0.6 is 0 Å². The van der Waals surface area contributed by atoms with Crippen molar-refractivity contribution in [3.63, 3.8) is 0 Å². The molecule has 6 heteroatoms. The highest BCUT2D eigenvalue weighted by molar-refractivity contribution is 5.94. The summed E-state index contributed by atoms with van der Waals surface area (Å²) >= 11 is 0. The molecule has 1 aromatic carbocycles. The van der Waals surface area contributed by atoms with Gasteiger partial charge in [-0.25, -0.2) is 9.59 Å². The zero-order valence-corrected chi connectivity index (χ0v) is 9.92. The average Bonchev–Trinajstić information content (AvgIpc) is 2.71. The minimum atomic E-state index is -0.672. The van der Waals surface area contributed by atoms with Crippen molar-refractivity contribution in [3.8, 4) is 0 Å². The van der Waals surface area contributed by atoms with Gasteiger partial charge in [0.25, 0.3) is 0 Å². The van der Waals surface area contributed by atoms with Crippen LogP contribution in [0.25, 0.3) is 0 Å². The molecule has 0 radical (unpaired) electrons. The number of carbonyl (C=O) groups is 3. The number of rotatable bonds is 2. The number of fused-ring (bicyclic) bond motifs is 1. The highest BCUT2D eigenvalue weighted by atomic mass is 16.6.